The predicted octanol–water partition coefficient (Wildman–Crippen LogP) is 10.2. The highest BCUT2D eigenvalue weighted by Crippen LogP contribution is 2.66. The fourth-order valence-electron chi connectivity index (χ4n) is 22.8. The highest BCUT2D eigenvalue weighted by Gasteiger charge is 2.83. The van der Waals surface area contributed by atoms with Crippen LogP contribution in [0.4, 0.5) is 0 Å². The van der Waals surface area contributed by atoms with Gasteiger partial charge in [-0.25, -0.2) is 0 Å². The molecule has 0 N–H and O–H groups in total. The van der Waals surface area contributed by atoms with E-state index in [0.717, 1.165) is 96.9 Å². The molecule has 19 aliphatic rings. The lowest BCUT2D eigenvalue weighted by Gasteiger charge is -2.41. The van der Waals surface area contributed by atoms with Gasteiger partial charge in [0.25, 0.3) is 0 Å². The van der Waals surface area contributed by atoms with Crippen LogP contribution < -0.4 is 0 Å². The second-order valence-electron chi connectivity index (χ2n) is 38.6. The Morgan fingerprint density at radius 1 is 0.465 bits per heavy atom. The number of nitrogens with zero attached hydrogens (tertiary/aromatic N) is 1. The largest absolute Gasteiger partial charge is 0.373 e. The van der Waals surface area contributed by atoms with Crippen molar-refractivity contribution >= 4 is 34.8 Å². The fourth-order valence-corrected chi connectivity index (χ4v) is 22.8. The van der Waals surface area contributed by atoms with Crippen LogP contribution in [-0.2, 0) is 116 Å². The van der Waals surface area contributed by atoms with E-state index < -0.39 is 29.5 Å². The minimum absolute atomic E-state index is 0.0248. The van der Waals surface area contributed by atoms with Crippen molar-refractivity contribution in [1.82, 2.24) is 4.90 Å². The average Bonchev–Trinajstić information content (AvgIpc) is 1.50. The number of rotatable bonds is 22. The number of allylic oxidation sites excluding steroid dienone is 3. The lowest BCUT2D eigenvalue weighted by molar-refractivity contribution is -0.149. The van der Waals surface area contributed by atoms with E-state index in [1.165, 1.54) is 42.4 Å². The van der Waals surface area contributed by atoms with E-state index in [1.807, 2.05) is 30.0 Å². The Morgan fingerprint density at radius 3 is 1.29 bits per heavy atom. The van der Waals surface area contributed by atoms with Crippen molar-refractivity contribution in [2.45, 2.75) is 339 Å². The van der Waals surface area contributed by atoms with Gasteiger partial charge in [0.2, 0.25) is 5.91 Å². The molecule has 630 valence electrons. The van der Waals surface area contributed by atoms with E-state index in [2.05, 4.69) is 99.6 Å². The molecule has 114 heavy (non-hydrogen) atoms. The Balaban J connectivity index is 0.000000108. The van der Waals surface area contributed by atoms with Gasteiger partial charge in [0, 0.05) is 80.2 Å². The van der Waals surface area contributed by atoms with E-state index >= 15 is 0 Å². The van der Waals surface area contributed by atoms with E-state index in [0.29, 0.717) is 45.5 Å². The average molecular weight is 1590 g/mol. The molecule has 24 heteroatoms. The number of ketones is 5. The number of Topliss-reactive ketones (excluding diaryl/α,β-unsaturated/α-hetero) is 5. The number of methoxy groups -OCH3 is 5. The van der Waals surface area contributed by atoms with Crippen molar-refractivity contribution in [2.24, 2.45) is 35.5 Å². The van der Waals surface area contributed by atoms with Crippen molar-refractivity contribution in [1.29, 1.82) is 0 Å². The molecule has 6 aliphatic carbocycles. The summed E-state index contributed by atoms with van der Waals surface area (Å²) < 4.78 is 98.5. The van der Waals surface area contributed by atoms with Gasteiger partial charge in [-0.15, -0.1) is 0 Å². The van der Waals surface area contributed by atoms with Gasteiger partial charge in [0.1, 0.15) is 98.7 Å². The number of hydrogen-bond acceptors (Lipinski definition) is 23. The number of amides is 1. The molecule has 4 unspecified atom stereocenters. The van der Waals surface area contributed by atoms with Crippen LogP contribution in [0.15, 0.2) is 65.3 Å². The summed E-state index contributed by atoms with van der Waals surface area (Å²) in [6.45, 7) is 28.2. The number of carbonyl (C=O) groups excluding carboxylic acids is 6. The Hall–Kier alpha value is -4.42. The van der Waals surface area contributed by atoms with Gasteiger partial charge in [0.05, 0.1) is 111 Å². The van der Waals surface area contributed by atoms with Crippen molar-refractivity contribution in [3.05, 3.63) is 70.8 Å². The number of carbonyl (C=O) groups is 6. The quantitative estimate of drug-likeness (QED) is 0.0769. The lowest BCUT2D eigenvalue weighted by atomic mass is 9.64. The van der Waals surface area contributed by atoms with Gasteiger partial charge in [-0.3, -0.25) is 28.8 Å². The Labute approximate surface area is 673 Å². The van der Waals surface area contributed by atoms with E-state index in [9.17, 15) is 28.8 Å². The summed E-state index contributed by atoms with van der Waals surface area (Å²) in [4.78, 5) is 76.7. The normalized spacial score (nSPS) is 47.5. The van der Waals surface area contributed by atoms with Gasteiger partial charge < -0.3 is 85.4 Å². The summed E-state index contributed by atoms with van der Waals surface area (Å²) in [6, 6.07) is 10.2. The van der Waals surface area contributed by atoms with Crippen molar-refractivity contribution < 1.29 is 109 Å². The van der Waals surface area contributed by atoms with Crippen LogP contribution in [0.2, 0.25) is 0 Å². The maximum absolute atomic E-state index is 13.3. The number of ether oxygens (including phenoxy) is 17. The van der Waals surface area contributed by atoms with Gasteiger partial charge in [-0.1, -0.05) is 65.3 Å². The summed E-state index contributed by atoms with van der Waals surface area (Å²) in [6.07, 6.45) is 21.7. The zero-order valence-electron chi connectivity index (χ0n) is 70.3. The van der Waals surface area contributed by atoms with Gasteiger partial charge in [-0.05, 0) is 172 Å². The molecule has 19 fully saturated rings. The molecule has 29 atom stereocenters. The summed E-state index contributed by atoms with van der Waals surface area (Å²) >= 11 is 0. The molecule has 13 saturated heterocycles. The Bertz CT molecular complexity index is 3900. The highest BCUT2D eigenvalue weighted by atomic mass is 16.7. The molecule has 1 aromatic carbocycles. The smallest absolute Gasteiger partial charge is 0.225 e. The number of benzene rings is 1. The first-order chi connectivity index (χ1) is 54.2. The van der Waals surface area contributed by atoms with Gasteiger partial charge >= 0.3 is 0 Å². The predicted molar refractivity (Wildman–Crippen MR) is 414 cm³/mol. The molecule has 1 aromatic rings. The molecule has 20 rings (SSSR count). The number of likely N-dealkylation sites (tertiary alicyclic amines) is 1. The summed E-state index contributed by atoms with van der Waals surface area (Å²) in [5.74, 6) is 0.676. The van der Waals surface area contributed by atoms with Gasteiger partial charge in [-0.2, -0.15) is 0 Å². The number of hydrogen-bond donors (Lipinski definition) is 0. The molecule has 0 bridgehead atoms. The first-order valence-electron chi connectivity index (χ1n) is 42.7. The van der Waals surface area contributed by atoms with E-state index in [4.69, 9.17) is 80.5 Å². The standard InChI is InChI=1S/C23H30O4.C18H26O4.C17H25NO5.C16H22O6.C16H24O4/c1-15(2)10-11-18-22(3,27-18)21-20(25-4)19(24)17(13-23(21)14-26-23)12-16-8-6-5-7-9-16;1-17(14(22-17)8-7-12-5-3-4-6-12)16-15(20-2)13(19)9-10-18(16)11-21-18;1-16(12(23-16)9-13(20)18-7-3-4-8-18)15-14(21-2)11(19)5-6-17(15)10-22-17;1-14(2)7(21-14)5-8-15(3,22-8)12-10(18-4)9(17)11-13(20-11)16(12)6-19-16;1-10(2)5-6-12-15(3,20-12)14-13(18-4)11(17)7-8-16(14)9-19-16/h5-10,17-18,20-21H,11-14H2,1-4H3;7,14-16H,3-6,8-11H2,1-2H3;12,14-15H,3-10H2,1-2H3;7-8,10-13H,5-6H2,1-4H3;5,12-14H,6-9H2,1-4H3/t17?,18-,20-,21-,22+,23+;14-,15-,16-,17+,18+;12-,14-,15-,16+,17+;7?,8-,10-,11?,12-,13?,15+,16+;12-,13-,14-,15+,16+/m11111/s1. The van der Waals surface area contributed by atoms with Crippen molar-refractivity contribution in [2.75, 3.05) is 81.7 Å². The van der Waals surface area contributed by atoms with Crippen LogP contribution >= 0.6 is 0 Å². The molecule has 0 radical (unpaired) electrons. The maximum Gasteiger partial charge on any atom is 0.225 e. The molecule has 13 aliphatic heterocycles. The fraction of sp³-hybridized carbons (Fsp3) is 0.800. The zero-order valence-corrected chi connectivity index (χ0v) is 70.3. The zero-order chi connectivity index (χ0) is 80.9. The van der Waals surface area contributed by atoms with E-state index in [-0.39, 0.29) is 182 Å². The first kappa shape index (κ1) is 83.2. The first-order valence-corrected chi connectivity index (χ1v) is 42.7. The van der Waals surface area contributed by atoms with Gasteiger partial charge in [0.15, 0.2) is 28.9 Å². The number of epoxide rings is 12. The molecule has 0 aromatic heterocycles. The van der Waals surface area contributed by atoms with Crippen molar-refractivity contribution in [3.63, 3.8) is 0 Å². The highest BCUT2D eigenvalue weighted by molar-refractivity contribution is 5.93. The topological polar surface area (TPSA) is 302 Å². The minimum atomic E-state index is -0.505. The third-order valence-corrected chi connectivity index (χ3v) is 30.3. The Morgan fingerprint density at radius 2 is 0.868 bits per heavy atom. The van der Waals surface area contributed by atoms with Crippen LogP contribution in [0.5, 0.6) is 0 Å². The molecule has 1 amide bonds. The molecule has 13 heterocycles. The third kappa shape index (κ3) is 15.5. The lowest BCUT2D eigenvalue weighted by Crippen LogP contribution is -2.57. The van der Waals surface area contributed by atoms with Crippen LogP contribution in [0.1, 0.15) is 197 Å². The summed E-state index contributed by atoms with van der Waals surface area (Å²) in [7, 11) is 8.06. The van der Waals surface area contributed by atoms with Crippen molar-refractivity contribution in [3.8, 4) is 0 Å². The van der Waals surface area contributed by atoms with Crippen LogP contribution in [-0.4, -0.2) is 262 Å². The second kappa shape index (κ2) is 30.6. The van der Waals surface area contributed by atoms with Crippen LogP contribution in [0.25, 0.3) is 0 Å². The molecular formula is C90H127NO23. The van der Waals surface area contributed by atoms with Crippen LogP contribution in [0.3, 0.4) is 0 Å². The minimum Gasteiger partial charge on any atom is -0.373 e. The molecule has 5 spiro atoms. The number of fused-ring (bicyclic) bond motifs is 2. The molecule has 6 saturated carbocycles. The Kier molecular flexibility index (Phi) is 22.4. The molecule has 24 nitrogen and oxygen atoms in total. The van der Waals surface area contributed by atoms with E-state index in [1.54, 1.807) is 41.1 Å². The summed E-state index contributed by atoms with van der Waals surface area (Å²) in [5.41, 5.74) is 2.20. The SMILES string of the molecule is CO[C@@H]1C(=O)C(Cc2ccccc2)C[C@]2(CO2)[C@H]1[C@@]1(C)O[C@@H]1CC=C(C)C.CO[C@@H]1C(=O)C2OC2[C@]2(CO2)[C@H]1[C@@]1(C)O[C@@H]1CC1OC1(C)C.CO[C@@H]1C(=O)CC[C@]2(CO2)[C@H]1[C@@]1(C)O[C@@H]1CC(=O)N1CCCC1.CO[C@@H]1C(=O)CC[C@]2(CO2)[C@H]1[C@@]1(C)O[C@@H]1CC=C(C)C.CO[C@@H]1C(=O)CC[C@]2(CO2)[C@H]1[C@@]1(C)O[C@@H]1CC=C1CCCC1. The monoisotopic (exact) mass is 1590 g/mol. The second-order valence-corrected chi connectivity index (χ2v) is 38.6. The third-order valence-electron chi connectivity index (χ3n) is 30.3. The molecular weight excluding hydrogens is 1460 g/mol. The summed E-state index contributed by atoms with van der Waals surface area (Å²) in [5, 5.41) is 0. The van der Waals surface area contributed by atoms with Crippen LogP contribution in [0, 0.1) is 35.5 Å². The maximum atomic E-state index is 13.3.